The van der Waals surface area contributed by atoms with Crippen LogP contribution in [0.4, 0.5) is 28.9 Å². The van der Waals surface area contributed by atoms with E-state index in [0.717, 1.165) is 12.8 Å². The van der Waals surface area contributed by atoms with Crippen molar-refractivity contribution in [2.24, 2.45) is 16.8 Å². The largest absolute Gasteiger partial charge is 0.493 e. The van der Waals surface area contributed by atoms with Crippen LogP contribution in [0, 0.1) is 17.7 Å². The van der Waals surface area contributed by atoms with E-state index in [9.17, 15) is 22.8 Å². The van der Waals surface area contributed by atoms with E-state index in [1.807, 2.05) is 25.8 Å². The van der Waals surface area contributed by atoms with Crippen LogP contribution >= 0.6 is 0 Å². The number of nitrogens with one attached hydrogen (secondary N) is 1. The first-order valence-electron chi connectivity index (χ1n) is 13.6. The molecule has 2 aromatic rings. The standard InChI is InChI=1S/C30H32F4N4O3/c1-17-14-38(15-18(2)37(17)3)27-12-25(31)22(20-6-8-21(9-7-20)41-16-19-4-5-19)10-26(27)36-29(40)23-13-35-28(39)11-24(23)30(32,33)34/h6-13,17-19,23H,4-5,14-16H2,1-3H3,(H,36,40)/t17-,18+,23?. The Morgan fingerprint density at radius 2 is 1.76 bits per heavy atom. The van der Waals surface area contributed by atoms with E-state index in [-0.39, 0.29) is 23.3 Å². The lowest BCUT2D eigenvalue weighted by molar-refractivity contribution is -0.124. The highest BCUT2D eigenvalue weighted by molar-refractivity contribution is 6.11. The van der Waals surface area contributed by atoms with E-state index in [0.29, 0.717) is 54.9 Å². The normalized spacial score (nSPS) is 23.4. The molecule has 1 N–H and O–H groups in total. The zero-order chi connectivity index (χ0) is 29.5. The lowest BCUT2D eigenvalue weighted by Crippen LogP contribution is -2.55. The van der Waals surface area contributed by atoms with Crippen LogP contribution in [0.3, 0.4) is 0 Å². The molecule has 3 atom stereocenters. The van der Waals surface area contributed by atoms with Gasteiger partial charge < -0.3 is 15.0 Å². The Balaban J connectivity index is 1.49. The molecule has 41 heavy (non-hydrogen) atoms. The van der Waals surface area contributed by atoms with Crippen molar-refractivity contribution in [3.63, 3.8) is 0 Å². The van der Waals surface area contributed by atoms with Gasteiger partial charge in [0.15, 0.2) is 0 Å². The minimum Gasteiger partial charge on any atom is -0.493 e. The quantitative estimate of drug-likeness (QED) is 0.446. The molecule has 1 saturated carbocycles. The molecule has 0 bridgehead atoms. The second-order valence-electron chi connectivity index (χ2n) is 11.1. The lowest BCUT2D eigenvalue weighted by atomic mass is 9.95. The van der Waals surface area contributed by atoms with Gasteiger partial charge in [0, 0.05) is 43.0 Å². The van der Waals surface area contributed by atoms with Gasteiger partial charge in [0.2, 0.25) is 5.91 Å². The first-order valence-corrected chi connectivity index (χ1v) is 13.6. The average molecular weight is 573 g/mol. The van der Waals surface area contributed by atoms with Crippen molar-refractivity contribution in [1.82, 2.24) is 4.90 Å². The fraction of sp³-hybridized carbons (Fsp3) is 0.433. The van der Waals surface area contributed by atoms with Crippen molar-refractivity contribution in [2.75, 3.05) is 37.0 Å². The number of alkyl halides is 3. The van der Waals surface area contributed by atoms with Gasteiger partial charge in [0.1, 0.15) is 17.5 Å². The second-order valence-corrected chi connectivity index (χ2v) is 11.1. The molecule has 2 fully saturated rings. The van der Waals surface area contributed by atoms with Crippen LogP contribution in [0.2, 0.25) is 0 Å². The minimum atomic E-state index is -4.91. The maximum Gasteiger partial charge on any atom is 0.414 e. The summed E-state index contributed by atoms with van der Waals surface area (Å²) in [5, 5.41) is 2.59. The molecule has 2 heterocycles. The third kappa shape index (κ3) is 6.45. The summed E-state index contributed by atoms with van der Waals surface area (Å²) < 4.78 is 62.5. The Labute approximate surface area is 235 Å². The Morgan fingerprint density at radius 3 is 2.37 bits per heavy atom. The van der Waals surface area contributed by atoms with E-state index < -0.39 is 35.3 Å². The summed E-state index contributed by atoms with van der Waals surface area (Å²) in [6.45, 7) is 5.71. The first kappa shape index (κ1) is 28.8. The summed E-state index contributed by atoms with van der Waals surface area (Å²) in [6, 6.07) is 9.84. The Morgan fingerprint density at radius 1 is 1.10 bits per heavy atom. The fourth-order valence-electron chi connectivity index (χ4n) is 5.14. The van der Waals surface area contributed by atoms with Gasteiger partial charge in [0.25, 0.3) is 5.91 Å². The van der Waals surface area contributed by atoms with Gasteiger partial charge in [-0.25, -0.2) is 9.38 Å². The zero-order valence-electron chi connectivity index (χ0n) is 23.0. The maximum absolute atomic E-state index is 15.7. The van der Waals surface area contributed by atoms with Crippen LogP contribution in [0.1, 0.15) is 26.7 Å². The molecule has 11 heteroatoms. The molecule has 0 aromatic heterocycles. The number of carbonyl (C=O) groups is 2. The number of amides is 2. The Kier molecular flexibility index (Phi) is 7.91. The van der Waals surface area contributed by atoms with Gasteiger partial charge >= 0.3 is 6.18 Å². The van der Waals surface area contributed by atoms with Crippen molar-refractivity contribution in [3.05, 3.63) is 53.9 Å². The van der Waals surface area contributed by atoms with Gasteiger partial charge in [0.05, 0.1) is 23.6 Å². The van der Waals surface area contributed by atoms with Gasteiger partial charge in [-0.3, -0.25) is 14.5 Å². The molecular formula is C30H32F4N4O3. The minimum absolute atomic E-state index is 0.101. The molecule has 0 spiro atoms. The molecule has 3 aliphatic rings. The van der Waals surface area contributed by atoms with Crippen LogP contribution < -0.4 is 15.0 Å². The van der Waals surface area contributed by atoms with Crippen LogP contribution in [-0.2, 0) is 9.59 Å². The number of hydrogen-bond donors (Lipinski definition) is 1. The maximum atomic E-state index is 15.7. The fourth-order valence-corrected chi connectivity index (χ4v) is 5.14. The highest BCUT2D eigenvalue weighted by atomic mass is 19.4. The van der Waals surface area contributed by atoms with E-state index >= 15 is 4.39 Å². The first-order chi connectivity index (χ1) is 19.4. The number of ether oxygens (including phenoxy) is 1. The van der Waals surface area contributed by atoms with E-state index in [1.165, 1.54) is 12.1 Å². The number of rotatable bonds is 7. The summed E-state index contributed by atoms with van der Waals surface area (Å²) in [6.07, 6.45) is -1.58. The number of hydrogen-bond acceptors (Lipinski definition) is 5. The van der Waals surface area contributed by atoms with Gasteiger partial charge in [-0.2, -0.15) is 13.2 Å². The SMILES string of the molecule is C[C@@H]1CN(c2cc(F)c(-c3ccc(OCC4CC4)cc3)cc2NC(=O)C2C=NC(=O)C=C2C(F)(F)F)C[C@H](C)N1C. The Hall–Kier alpha value is -3.73. The molecule has 2 aromatic carbocycles. The summed E-state index contributed by atoms with van der Waals surface area (Å²) in [5.41, 5.74) is -0.0906. The molecule has 1 aliphatic carbocycles. The van der Waals surface area contributed by atoms with Gasteiger partial charge in [-0.1, -0.05) is 12.1 Å². The topological polar surface area (TPSA) is 74.2 Å². The molecule has 7 nitrogen and oxygen atoms in total. The number of nitrogens with zero attached hydrogens (tertiary/aromatic N) is 3. The van der Waals surface area contributed by atoms with Gasteiger partial charge in [-0.05, 0) is 69.5 Å². The highest BCUT2D eigenvalue weighted by Crippen LogP contribution is 2.38. The number of piperazine rings is 1. The number of aliphatic imine (C=N–C) groups is 1. The monoisotopic (exact) mass is 572 g/mol. The Bertz CT molecular complexity index is 1370. The van der Waals surface area contributed by atoms with Gasteiger partial charge in [-0.15, -0.1) is 0 Å². The van der Waals surface area contributed by atoms with Crippen molar-refractivity contribution in [3.8, 4) is 16.9 Å². The summed E-state index contributed by atoms with van der Waals surface area (Å²) in [7, 11) is 1.99. The van der Waals surface area contributed by atoms with E-state index in [2.05, 4.69) is 15.2 Å². The number of dihydropyridines is 1. The summed E-state index contributed by atoms with van der Waals surface area (Å²) in [5.74, 6) is -3.25. The van der Waals surface area contributed by atoms with Crippen LogP contribution in [0.25, 0.3) is 11.1 Å². The van der Waals surface area contributed by atoms with Crippen molar-refractivity contribution < 1.29 is 31.9 Å². The molecule has 0 radical (unpaired) electrons. The summed E-state index contributed by atoms with van der Waals surface area (Å²) >= 11 is 0. The van der Waals surface area contributed by atoms with Crippen molar-refractivity contribution in [2.45, 2.75) is 44.9 Å². The lowest BCUT2D eigenvalue weighted by Gasteiger charge is -2.44. The smallest absolute Gasteiger partial charge is 0.414 e. The van der Waals surface area contributed by atoms with E-state index in [1.54, 1.807) is 24.3 Å². The molecular weight excluding hydrogens is 540 g/mol. The number of carbonyl (C=O) groups excluding carboxylic acids is 2. The van der Waals surface area contributed by atoms with Crippen molar-refractivity contribution >= 4 is 29.4 Å². The van der Waals surface area contributed by atoms with Crippen LogP contribution in [0.5, 0.6) is 5.75 Å². The molecule has 1 saturated heterocycles. The number of halogens is 4. The predicted molar refractivity (Wildman–Crippen MR) is 149 cm³/mol. The molecule has 2 aliphatic heterocycles. The third-order valence-electron chi connectivity index (χ3n) is 7.97. The van der Waals surface area contributed by atoms with Crippen LogP contribution in [0.15, 0.2) is 53.0 Å². The molecule has 1 unspecified atom stereocenters. The molecule has 5 rings (SSSR count). The predicted octanol–water partition coefficient (Wildman–Crippen LogP) is 5.46. The van der Waals surface area contributed by atoms with Crippen LogP contribution in [-0.4, -0.2) is 67.9 Å². The van der Waals surface area contributed by atoms with E-state index in [4.69, 9.17) is 4.74 Å². The van der Waals surface area contributed by atoms with Crippen molar-refractivity contribution in [1.29, 1.82) is 0 Å². The zero-order valence-corrected chi connectivity index (χ0v) is 23.0. The molecule has 218 valence electrons. The molecule has 2 amide bonds. The number of benzene rings is 2. The average Bonchev–Trinajstić information content (AvgIpc) is 3.75. The second kappa shape index (κ2) is 11.3. The highest BCUT2D eigenvalue weighted by Gasteiger charge is 2.43. The summed E-state index contributed by atoms with van der Waals surface area (Å²) in [4.78, 5) is 32.3. The third-order valence-corrected chi connectivity index (χ3v) is 7.97. The number of likely N-dealkylation sites (N-methyl/N-ethyl adjacent to an activating group) is 1. The number of anilines is 2.